The SMILES string of the molecule is CN1CCN(c2ccc(NC(=O)CCc3ccc4c(c3)OCCO4)cc2)CC1. The summed E-state index contributed by atoms with van der Waals surface area (Å²) in [5.74, 6) is 1.56. The third kappa shape index (κ3) is 4.57. The number of piperazine rings is 1. The summed E-state index contributed by atoms with van der Waals surface area (Å²) in [6, 6.07) is 14.0. The average molecular weight is 381 g/mol. The highest BCUT2D eigenvalue weighted by Crippen LogP contribution is 2.31. The summed E-state index contributed by atoms with van der Waals surface area (Å²) in [6.07, 6.45) is 1.10. The van der Waals surface area contributed by atoms with E-state index in [1.54, 1.807) is 0 Å². The van der Waals surface area contributed by atoms with Crippen molar-refractivity contribution in [1.29, 1.82) is 0 Å². The van der Waals surface area contributed by atoms with E-state index >= 15 is 0 Å². The van der Waals surface area contributed by atoms with E-state index in [0.29, 0.717) is 26.1 Å². The molecule has 1 fully saturated rings. The number of benzene rings is 2. The first kappa shape index (κ1) is 18.6. The topological polar surface area (TPSA) is 54.0 Å². The Morgan fingerprint density at radius 2 is 1.68 bits per heavy atom. The van der Waals surface area contributed by atoms with Crippen molar-refractivity contribution in [3.05, 3.63) is 48.0 Å². The van der Waals surface area contributed by atoms with Crippen LogP contribution in [0.1, 0.15) is 12.0 Å². The molecule has 1 saturated heterocycles. The molecule has 0 aliphatic carbocycles. The molecule has 0 atom stereocenters. The Kier molecular flexibility index (Phi) is 5.67. The highest BCUT2D eigenvalue weighted by atomic mass is 16.6. The van der Waals surface area contributed by atoms with Crippen LogP contribution in [0.2, 0.25) is 0 Å². The third-order valence-electron chi connectivity index (χ3n) is 5.27. The standard InChI is InChI=1S/C22H27N3O3/c1-24-10-12-25(13-11-24)19-6-4-18(5-7-19)23-22(26)9-3-17-2-8-20-21(16-17)28-15-14-27-20/h2,4-8,16H,3,9-15H2,1H3,(H,23,26). The van der Waals surface area contributed by atoms with E-state index in [1.165, 1.54) is 5.69 Å². The third-order valence-corrected chi connectivity index (χ3v) is 5.27. The maximum Gasteiger partial charge on any atom is 0.224 e. The molecular weight excluding hydrogens is 354 g/mol. The fourth-order valence-electron chi connectivity index (χ4n) is 3.54. The first-order valence-electron chi connectivity index (χ1n) is 9.89. The zero-order valence-electron chi connectivity index (χ0n) is 16.3. The molecule has 0 spiro atoms. The van der Waals surface area contributed by atoms with Crippen molar-refractivity contribution in [2.45, 2.75) is 12.8 Å². The molecule has 0 aromatic heterocycles. The van der Waals surface area contributed by atoms with Crippen LogP contribution in [0.5, 0.6) is 11.5 Å². The van der Waals surface area contributed by atoms with Gasteiger partial charge in [-0.05, 0) is 55.4 Å². The van der Waals surface area contributed by atoms with Crippen LogP contribution in [0.15, 0.2) is 42.5 Å². The van der Waals surface area contributed by atoms with Gasteiger partial charge < -0.3 is 24.6 Å². The number of ether oxygens (including phenoxy) is 2. The number of hydrogen-bond donors (Lipinski definition) is 1. The normalized spacial score (nSPS) is 16.7. The molecule has 0 unspecified atom stereocenters. The maximum atomic E-state index is 12.3. The number of nitrogens with one attached hydrogen (secondary N) is 1. The molecular formula is C22H27N3O3. The van der Waals surface area contributed by atoms with Gasteiger partial charge in [-0.1, -0.05) is 6.07 Å². The van der Waals surface area contributed by atoms with Crippen molar-refractivity contribution < 1.29 is 14.3 Å². The number of hydrogen-bond acceptors (Lipinski definition) is 5. The molecule has 2 aromatic carbocycles. The van der Waals surface area contributed by atoms with Crippen molar-refractivity contribution in [2.24, 2.45) is 0 Å². The van der Waals surface area contributed by atoms with E-state index in [0.717, 1.165) is 48.9 Å². The number of rotatable bonds is 5. The van der Waals surface area contributed by atoms with Gasteiger partial charge in [-0.15, -0.1) is 0 Å². The van der Waals surface area contributed by atoms with E-state index in [1.807, 2.05) is 30.3 Å². The van der Waals surface area contributed by atoms with E-state index < -0.39 is 0 Å². The molecule has 2 heterocycles. The first-order chi connectivity index (χ1) is 13.7. The van der Waals surface area contributed by atoms with Crippen LogP contribution in [0.4, 0.5) is 11.4 Å². The maximum absolute atomic E-state index is 12.3. The molecule has 1 N–H and O–H groups in total. The van der Waals surface area contributed by atoms with Crippen molar-refractivity contribution in [2.75, 3.05) is 56.7 Å². The summed E-state index contributed by atoms with van der Waals surface area (Å²) in [6.45, 7) is 5.40. The predicted octanol–water partition coefficient (Wildman–Crippen LogP) is 2.78. The minimum atomic E-state index is 0.0160. The number of anilines is 2. The van der Waals surface area contributed by atoms with E-state index in [4.69, 9.17) is 9.47 Å². The molecule has 6 heteroatoms. The Morgan fingerprint density at radius 1 is 0.964 bits per heavy atom. The van der Waals surface area contributed by atoms with Crippen LogP contribution < -0.4 is 19.7 Å². The molecule has 4 rings (SSSR count). The lowest BCUT2D eigenvalue weighted by molar-refractivity contribution is -0.116. The zero-order chi connectivity index (χ0) is 19.3. The van der Waals surface area contributed by atoms with Crippen LogP contribution in [-0.2, 0) is 11.2 Å². The summed E-state index contributed by atoms with van der Waals surface area (Å²) in [4.78, 5) is 17.0. The highest BCUT2D eigenvalue weighted by Gasteiger charge is 2.15. The molecule has 2 aliphatic heterocycles. The van der Waals surface area contributed by atoms with Gasteiger partial charge in [0.15, 0.2) is 11.5 Å². The zero-order valence-corrected chi connectivity index (χ0v) is 16.3. The van der Waals surface area contributed by atoms with Crippen LogP contribution in [0.3, 0.4) is 0 Å². The Morgan fingerprint density at radius 3 is 2.43 bits per heavy atom. The summed E-state index contributed by atoms with van der Waals surface area (Å²) in [7, 11) is 2.15. The molecule has 0 saturated carbocycles. The largest absolute Gasteiger partial charge is 0.486 e. The molecule has 148 valence electrons. The van der Waals surface area contributed by atoms with Gasteiger partial charge in [0.2, 0.25) is 5.91 Å². The quantitative estimate of drug-likeness (QED) is 0.863. The van der Waals surface area contributed by atoms with Gasteiger partial charge >= 0.3 is 0 Å². The number of carbonyl (C=O) groups excluding carboxylic acids is 1. The summed E-state index contributed by atoms with van der Waals surface area (Å²) in [5, 5.41) is 2.99. The second-order valence-corrected chi connectivity index (χ2v) is 7.36. The molecule has 28 heavy (non-hydrogen) atoms. The van der Waals surface area contributed by atoms with Gasteiger partial charge in [-0.25, -0.2) is 0 Å². The Hall–Kier alpha value is -2.73. The van der Waals surface area contributed by atoms with Gasteiger partial charge in [0.1, 0.15) is 13.2 Å². The number of aryl methyl sites for hydroxylation is 1. The molecule has 2 aliphatic rings. The Labute approximate surface area is 166 Å². The van der Waals surface area contributed by atoms with Gasteiger partial charge in [-0.3, -0.25) is 4.79 Å². The van der Waals surface area contributed by atoms with Gasteiger partial charge in [0.25, 0.3) is 0 Å². The van der Waals surface area contributed by atoms with Crippen molar-refractivity contribution in [3.63, 3.8) is 0 Å². The number of carbonyl (C=O) groups is 1. The minimum Gasteiger partial charge on any atom is -0.486 e. The number of nitrogens with zero attached hydrogens (tertiary/aromatic N) is 2. The van der Waals surface area contributed by atoms with Crippen LogP contribution >= 0.6 is 0 Å². The number of amides is 1. The number of likely N-dealkylation sites (N-methyl/N-ethyl adjacent to an activating group) is 1. The monoisotopic (exact) mass is 381 g/mol. The van der Waals surface area contributed by atoms with E-state index in [-0.39, 0.29) is 5.91 Å². The van der Waals surface area contributed by atoms with Crippen molar-refractivity contribution >= 4 is 17.3 Å². The second kappa shape index (κ2) is 8.52. The van der Waals surface area contributed by atoms with Crippen LogP contribution in [-0.4, -0.2) is 57.2 Å². The second-order valence-electron chi connectivity index (χ2n) is 7.36. The molecule has 0 bridgehead atoms. The first-order valence-corrected chi connectivity index (χ1v) is 9.89. The summed E-state index contributed by atoms with van der Waals surface area (Å²) in [5.41, 5.74) is 3.12. The fraction of sp³-hybridized carbons (Fsp3) is 0.409. The highest BCUT2D eigenvalue weighted by molar-refractivity contribution is 5.91. The Balaban J connectivity index is 1.28. The molecule has 6 nitrogen and oxygen atoms in total. The van der Waals surface area contributed by atoms with Gasteiger partial charge in [-0.2, -0.15) is 0 Å². The minimum absolute atomic E-state index is 0.0160. The number of fused-ring (bicyclic) bond motifs is 1. The van der Waals surface area contributed by atoms with Crippen molar-refractivity contribution in [1.82, 2.24) is 4.90 Å². The smallest absolute Gasteiger partial charge is 0.224 e. The van der Waals surface area contributed by atoms with E-state index in [2.05, 4.69) is 34.3 Å². The molecule has 0 radical (unpaired) electrons. The van der Waals surface area contributed by atoms with E-state index in [9.17, 15) is 4.79 Å². The molecule has 1 amide bonds. The predicted molar refractivity (Wildman–Crippen MR) is 111 cm³/mol. The Bertz CT molecular complexity index is 814. The summed E-state index contributed by atoms with van der Waals surface area (Å²) >= 11 is 0. The lowest BCUT2D eigenvalue weighted by Gasteiger charge is -2.34. The lowest BCUT2D eigenvalue weighted by atomic mass is 10.1. The van der Waals surface area contributed by atoms with Crippen molar-refractivity contribution in [3.8, 4) is 11.5 Å². The van der Waals surface area contributed by atoms with Gasteiger partial charge in [0.05, 0.1) is 0 Å². The van der Waals surface area contributed by atoms with Gasteiger partial charge in [0, 0.05) is 44.0 Å². The fourth-order valence-corrected chi connectivity index (χ4v) is 3.54. The molecule has 2 aromatic rings. The summed E-state index contributed by atoms with van der Waals surface area (Å²) < 4.78 is 11.1. The lowest BCUT2D eigenvalue weighted by Crippen LogP contribution is -2.44. The van der Waals surface area contributed by atoms with Crippen LogP contribution in [0, 0.1) is 0 Å². The average Bonchev–Trinajstić information content (AvgIpc) is 2.73. The van der Waals surface area contributed by atoms with Crippen LogP contribution in [0.25, 0.3) is 0 Å².